The van der Waals surface area contributed by atoms with Crippen LogP contribution in [0.3, 0.4) is 0 Å². The normalized spacial score (nSPS) is 18.9. The molecule has 96 valence electrons. The fraction of sp³-hybridized carbons (Fsp3) is 0.700. The van der Waals surface area contributed by atoms with Gasteiger partial charge in [0, 0.05) is 6.54 Å². The average Bonchev–Trinajstić information content (AvgIpc) is 2.78. The van der Waals surface area contributed by atoms with E-state index in [0.29, 0.717) is 19.4 Å². The molecule has 1 N–H and O–H groups in total. The highest BCUT2D eigenvalue weighted by Gasteiger charge is 2.35. The predicted octanol–water partition coefficient (Wildman–Crippen LogP) is 0.489. The lowest BCUT2D eigenvalue weighted by Crippen LogP contribution is -2.48. The number of carbonyl (C=O) groups excluding carboxylic acids is 3. The lowest BCUT2D eigenvalue weighted by molar-refractivity contribution is -0.147. The fourth-order valence-electron chi connectivity index (χ4n) is 1.72. The summed E-state index contributed by atoms with van der Waals surface area (Å²) in [5.74, 6) is -1.30. The molecule has 6 nitrogen and oxygen atoms in total. The SMILES string of the molecule is CCOC(=O)C1CCCN1C(=O)NC(=O)CCl. The van der Waals surface area contributed by atoms with Crippen LogP contribution in [-0.4, -0.2) is 47.9 Å². The molecule has 0 radical (unpaired) electrons. The number of hydrogen-bond acceptors (Lipinski definition) is 4. The first-order valence-corrected chi connectivity index (χ1v) is 5.96. The summed E-state index contributed by atoms with van der Waals surface area (Å²) in [6, 6.07) is -1.19. The van der Waals surface area contributed by atoms with Crippen molar-refractivity contribution in [3.63, 3.8) is 0 Å². The van der Waals surface area contributed by atoms with E-state index in [9.17, 15) is 14.4 Å². The fourth-order valence-corrected chi connectivity index (χ4v) is 1.78. The number of nitrogens with zero attached hydrogens (tertiary/aromatic N) is 1. The van der Waals surface area contributed by atoms with Gasteiger partial charge >= 0.3 is 12.0 Å². The first-order valence-electron chi connectivity index (χ1n) is 5.43. The smallest absolute Gasteiger partial charge is 0.328 e. The predicted molar refractivity (Wildman–Crippen MR) is 60.6 cm³/mol. The number of esters is 1. The second-order valence-corrected chi connectivity index (χ2v) is 3.86. The summed E-state index contributed by atoms with van der Waals surface area (Å²) in [7, 11) is 0. The molecule has 0 bridgehead atoms. The van der Waals surface area contributed by atoms with E-state index in [4.69, 9.17) is 16.3 Å². The average molecular weight is 263 g/mol. The summed E-state index contributed by atoms with van der Waals surface area (Å²) >= 11 is 5.28. The van der Waals surface area contributed by atoms with Gasteiger partial charge in [-0.2, -0.15) is 0 Å². The van der Waals surface area contributed by atoms with E-state index >= 15 is 0 Å². The molecule has 17 heavy (non-hydrogen) atoms. The molecule has 1 fully saturated rings. The number of likely N-dealkylation sites (tertiary alicyclic amines) is 1. The summed E-state index contributed by atoms with van der Waals surface area (Å²) in [5, 5.41) is 2.11. The molecule has 1 heterocycles. The Hall–Kier alpha value is -1.30. The third-order valence-electron chi connectivity index (χ3n) is 2.44. The number of amides is 3. The molecule has 3 amide bonds. The van der Waals surface area contributed by atoms with Crippen LogP contribution < -0.4 is 5.32 Å². The van der Waals surface area contributed by atoms with E-state index in [1.165, 1.54) is 4.90 Å². The van der Waals surface area contributed by atoms with Crippen molar-refractivity contribution >= 4 is 29.5 Å². The Morgan fingerprint density at radius 1 is 1.47 bits per heavy atom. The van der Waals surface area contributed by atoms with Gasteiger partial charge in [0.25, 0.3) is 0 Å². The first kappa shape index (κ1) is 13.8. The summed E-state index contributed by atoms with van der Waals surface area (Å²) in [4.78, 5) is 35.5. The Kier molecular flexibility index (Phi) is 5.21. The molecule has 0 aromatic heterocycles. The van der Waals surface area contributed by atoms with Crippen LogP contribution >= 0.6 is 11.6 Å². The van der Waals surface area contributed by atoms with Crippen LogP contribution in [0.4, 0.5) is 4.79 Å². The number of alkyl halides is 1. The number of hydrogen-bond donors (Lipinski definition) is 1. The Bertz CT molecular complexity index is 321. The molecule has 1 unspecified atom stereocenters. The molecule has 0 aliphatic carbocycles. The van der Waals surface area contributed by atoms with Crippen molar-refractivity contribution in [3.05, 3.63) is 0 Å². The molecule has 0 aromatic carbocycles. The standard InChI is InChI=1S/C10H15ClN2O4/c1-2-17-9(15)7-4-3-5-13(7)10(16)12-8(14)6-11/h7H,2-6H2,1H3,(H,12,14,16). The van der Waals surface area contributed by atoms with Crippen molar-refractivity contribution in [1.82, 2.24) is 10.2 Å². The van der Waals surface area contributed by atoms with Crippen molar-refractivity contribution in [2.45, 2.75) is 25.8 Å². The van der Waals surface area contributed by atoms with Gasteiger partial charge in [0.15, 0.2) is 0 Å². The van der Waals surface area contributed by atoms with Crippen LogP contribution in [0.5, 0.6) is 0 Å². The van der Waals surface area contributed by atoms with Crippen molar-refractivity contribution < 1.29 is 19.1 Å². The van der Waals surface area contributed by atoms with Crippen molar-refractivity contribution in [2.24, 2.45) is 0 Å². The highest BCUT2D eigenvalue weighted by Crippen LogP contribution is 2.18. The zero-order chi connectivity index (χ0) is 12.8. The summed E-state index contributed by atoms with van der Waals surface area (Å²) in [6.45, 7) is 2.41. The van der Waals surface area contributed by atoms with Crippen molar-refractivity contribution in [1.29, 1.82) is 0 Å². The molecule has 1 rings (SSSR count). The van der Waals surface area contributed by atoms with Gasteiger partial charge in [0.05, 0.1) is 6.61 Å². The van der Waals surface area contributed by atoms with E-state index < -0.39 is 23.9 Å². The van der Waals surface area contributed by atoms with E-state index in [2.05, 4.69) is 5.32 Å². The second kappa shape index (κ2) is 6.44. The summed E-state index contributed by atoms with van der Waals surface area (Å²) < 4.78 is 4.87. The molecule has 1 saturated heterocycles. The minimum atomic E-state index is -0.599. The first-order chi connectivity index (χ1) is 8.10. The minimum absolute atomic E-state index is 0.269. The third kappa shape index (κ3) is 3.59. The van der Waals surface area contributed by atoms with Gasteiger partial charge in [0.1, 0.15) is 11.9 Å². The monoisotopic (exact) mass is 262 g/mol. The quantitative estimate of drug-likeness (QED) is 0.593. The Labute approximate surface area is 104 Å². The minimum Gasteiger partial charge on any atom is -0.464 e. The van der Waals surface area contributed by atoms with Crippen LogP contribution in [0.1, 0.15) is 19.8 Å². The second-order valence-electron chi connectivity index (χ2n) is 3.59. The van der Waals surface area contributed by atoms with Gasteiger partial charge in [0.2, 0.25) is 5.91 Å². The van der Waals surface area contributed by atoms with Gasteiger partial charge in [-0.25, -0.2) is 9.59 Å². The van der Waals surface area contributed by atoms with E-state index in [0.717, 1.165) is 0 Å². The van der Waals surface area contributed by atoms with E-state index in [1.54, 1.807) is 6.92 Å². The highest BCUT2D eigenvalue weighted by molar-refractivity contribution is 6.28. The number of ether oxygens (including phenoxy) is 1. The van der Waals surface area contributed by atoms with Gasteiger partial charge in [-0.3, -0.25) is 10.1 Å². The maximum Gasteiger partial charge on any atom is 0.328 e. The van der Waals surface area contributed by atoms with Crippen LogP contribution in [0.15, 0.2) is 0 Å². The van der Waals surface area contributed by atoms with Crippen LogP contribution in [0, 0.1) is 0 Å². The van der Waals surface area contributed by atoms with Crippen LogP contribution in [-0.2, 0) is 14.3 Å². The number of imide groups is 1. The molecular weight excluding hydrogens is 248 g/mol. The molecule has 1 atom stereocenters. The van der Waals surface area contributed by atoms with E-state index in [1.807, 2.05) is 0 Å². The van der Waals surface area contributed by atoms with Gasteiger partial charge in [-0.1, -0.05) is 0 Å². The van der Waals surface area contributed by atoms with Crippen LogP contribution in [0.25, 0.3) is 0 Å². The maximum absolute atomic E-state index is 11.7. The van der Waals surface area contributed by atoms with Gasteiger partial charge in [-0.15, -0.1) is 11.6 Å². The molecule has 7 heteroatoms. The molecule has 0 aromatic rings. The topological polar surface area (TPSA) is 75.7 Å². The Balaban J connectivity index is 2.59. The molecule has 0 saturated carbocycles. The molecule has 1 aliphatic rings. The zero-order valence-corrected chi connectivity index (χ0v) is 10.3. The summed E-state index contributed by atoms with van der Waals surface area (Å²) in [6.07, 6.45) is 1.27. The summed E-state index contributed by atoms with van der Waals surface area (Å²) in [5.41, 5.74) is 0. The van der Waals surface area contributed by atoms with Crippen molar-refractivity contribution in [3.8, 4) is 0 Å². The lowest BCUT2D eigenvalue weighted by atomic mass is 10.2. The Morgan fingerprint density at radius 3 is 2.76 bits per heavy atom. The number of carbonyl (C=O) groups is 3. The van der Waals surface area contributed by atoms with Gasteiger partial charge < -0.3 is 9.64 Å². The van der Waals surface area contributed by atoms with Gasteiger partial charge in [-0.05, 0) is 19.8 Å². The van der Waals surface area contributed by atoms with Crippen molar-refractivity contribution in [2.75, 3.05) is 19.0 Å². The number of urea groups is 1. The molecule has 1 aliphatic heterocycles. The van der Waals surface area contributed by atoms with E-state index in [-0.39, 0.29) is 12.5 Å². The lowest BCUT2D eigenvalue weighted by Gasteiger charge is -2.22. The Morgan fingerprint density at radius 2 is 2.18 bits per heavy atom. The maximum atomic E-state index is 11.7. The molecular formula is C10H15ClN2O4. The number of rotatable bonds is 3. The largest absolute Gasteiger partial charge is 0.464 e. The third-order valence-corrected chi connectivity index (χ3v) is 2.68. The van der Waals surface area contributed by atoms with Crippen LogP contribution in [0.2, 0.25) is 0 Å². The highest BCUT2D eigenvalue weighted by atomic mass is 35.5. The zero-order valence-electron chi connectivity index (χ0n) is 9.57. The molecule has 0 spiro atoms. The number of nitrogens with one attached hydrogen (secondary N) is 1. The number of halogens is 1.